The Morgan fingerprint density at radius 2 is 1.80 bits per heavy atom. The number of aromatic nitrogens is 1. The number of nitriles is 2. The Morgan fingerprint density at radius 1 is 1.03 bits per heavy atom. The predicted molar refractivity (Wildman–Crippen MR) is 112 cm³/mol. The van der Waals surface area contributed by atoms with Crippen molar-refractivity contribution in [2.24, 2.45) is 0 Å². The van der Waals surface area contributed by atoms with Crippen LogP contribution < -0.4 is 10.4 Å². The van der Waals surface area contributed by atoms with Gasteiger partial charge < -0.3 is 13.7 Å². The van der Waals surface area contributed by atoms with Crippen molar-refractivity contribution < 1.29 is 9.15 Å². The number of benzene rings is 2. The fourth-order valence-corrected chi connectivity index (χ4v) is 3.55. The monoisotopic (exact) mass is 395 g/mol. The van der Waals surface area contributed by atoms with Gasteiger partial charge >= 0.3 is 5.63 Å². The SMILES string of the molecule is COc1cc2oc(=O)cc(C)c2cc1-c1ccc(C#N)n1Cc1ccc(C#N)cc1. The van der Waals surface area contributed by atoms with Crippen LogP contribution in [0.5, 0.6) is 5.75 Å². The van der Waals surface area contributed by atoms with Crippen LogP contribution in [-0.4, -0.2) is 11.7 Å². The maximum Gasteiger partial charge on any atom is 0.336 e. The summed E-state index contributed by atoms with van der Waals surface area (Å²) in [5.74, 6) is 0.542. The van der Waals surface area contributed by atoms with Crippen LogP contribution in [-0.2, 0) is 6.54 Å². The Bertz CT molecular complexity index is 1400. The summed E-state index contributed by atoms with van der Waals surface area (Å²) in [5.41, 5.74) is 4.49. The molecule has 0 unspecified atom stereocenters. The molecule has 4 rings (SSSR count). The van der Waals surface area contributed by atoms with Crippen molar-refractivity contribution in [2.75, 3.05) is 7.11 Å². The molecule has 0 N–H and O–H groups in total. The molecule has 0 spiro atoms. The van der Waals surface area contributed by atoms with Crippen LogP contribution in [0.3, 0.4) is 0 Å². The summed E-state index contributed by atoms with van der Waals surface area (Å²) in [5, 5.41) is 19.4. The van der Waals surface area contributed by atoms with E-state index >= 15 is 0 Å². The van der Waals surface area contributed by atoms with Gasteiger partial charge in [-0.2, -0.15) is 10.5 Å². The molecule has 146 valence electrons. The molecular weight excluding hydrogens is 378 g/mol. The van der Waals surface area contributed by atoms with Crippen LogP contribution in [0, 0.1) is 29.6 Å². The first-order valence-corrected chi connectivity index (χ1v) is 9.25. The third-order valence-corrected chi connectivity index (χ3v) is 5.07. The molecule has 4 aromatic rings. The van der Waals surface area contributed by atoms with Gasteiger partial charge in [-0.25, -0.2) is 4.79 Å². The zero-order valence-corrected chi connectivity index (χ0v) is 16.5. The first kappa shape index (κ1) is 19.0. The zero-order chi connectivity index (χ0) is 21.3. The average molecular weight is 395 g/mol. The Hall–Kier alpha value is -4.29. The number of aryl methyl sites for hydroxylation is 1. The highest BCUT2D eigenvalue weighted by molar-refractivity contribution is 5.88. The van der Waals surface area contributed by atoms with Crippen molar-refractivity contribution in [2.45, 2.75) is 13.5 Å². The second-order valence-corrected chi connectivity index (χ2v) is 6.91. The van der Waals surface area contributed by atoms with Crippen molar-refractivity contribution in [1.29, 1.82) is 10.5 Å². The maximum absolute atomic E-state index is 11.7. The average Bonchev–Trinajstić information content (AvgIpc) is 3.15. The van der Waals surface area contributed by atoms with Gasteiger partial charge in [0.05, 0.1) is 24.4 Å². The van der Waals surface area contributed by atoms with E-state index in [1.165, 1.54) is 6.07 Å². The molecular formula is C24H17N3O3. The number of rotatable bonds is 4. The van der Waals surface area contributed by atoms with Crippen molar-refractivity contribution in [3.63, 3.8) is 0 Å². The summed E-state index contributed by atoms with van der Waals surface area (Å²) in [7, 11) is 1.55. The molecule has 2 aromatic heterocycles. The molecule has 0 bridgehead atoms. The van der Waals surface area contributed by atoms with E-state index in [-0.39, 0.29) is 0 Å². The van der Waals surface area contributed by atoms with Crippen LogP contribution in [0.1, 0.15) is 22.4 Å². The molecule has 0 aliphatic rings. The summed E-state index contributed by atoms with van der Waals surface area (Å²) in [6.07, 6.45) is 0. The molecule has 0 saturated carbocycles. The normalized spacial score (nSPS) is 10.5. The van der Waals surface area contributed by atoms with Crippen molar-refractivity contribution in [3.05, 3.63) is 87.4 Å². The fraction of sp³-hybridized carbons (Fsp3) is 0.125. The molecule has 30 heavy (non-hydrogen) atoms. The standard InChI is InChI=1S/C24H17N3O3/c1-15-9-24(28)30-23-11-22(29-2)20(10-19(15)23)21-8-7-18(13-26)27(21)14-17-5-3-16(12-25)4-6-17/h3-11H,14H2,1-2H3. The third kappa shape index (κ3) is 3.32. The third-order valence-electron chi connectivity index (χ3n) is 5.07. The smallest absolute Gasteiger partial charge is 0.336 e. The summed E-state index contributed by atoms with van der Waals surface area (Å²) >= 11 is 0. The highest BCUT2D eigenvalue weighted by Crippen LogP contribution is 2.36. The van der Waals surface area contributed by atoms with E-state index in [1.807, 2.05) is 35.8 Å². The van der Waals surface area contributed by atoms with E-state index in [4.69, 9.17) is 14.4 Å². The Kier molecular flexibility index (Phi) is 4.83. The minimum absolute atomic E-state index is 0.411. The van der Waals surface area contributed by atoms with E-state index in [2.05, 4.69) is 12.1 Å². The van der Waals surface area contributed by atoms with E-state index in [0.717, 1.165) is 27.8 Å². The van der Waals surface area contributed by atoms with Gasteiger partial charge in [0.25, 0.3) is 0 Å². The van der Waals surface area contributed by atoms with Gasteiger partial charge in [-0.15, -0.1) is 0 Å². The summed E-state index contributed by atoms with van der Waals surface area (Å²) < 4.78 is 12.8. The van der Waals surface area contributed by atoms with Crippen molar-refractivity contribution in [1.82, 2.24) is 4.57 Å². The highest BCUT2D eigenvalue weighted by Gasteiger charge is 2.17. The van der Waals surface area contributed by atoms with Crippen LogP contribution in [0.25, 0.3) is 22.2 Å². The molecule has 0 atom stereocenters. The summed E-state index contributed by atoms with van der Waals surface area (Å²) in [4.78, 5) is 11.7. The van der Waals surface area contributed by atoms with Gasteiger partial charge in [0.15, 0.2) is 0 Å². The topological polar surface area (TPSA) is 91.9 Å². The lowest BCUT2D eigenvalue weighted by molar-refractivity contribution is 0.415. The number of hydrogen-bond donors (Lipinski definition) is 0. The maximum atomic E-state index is 11.7. The molecule has 6 heteroatoms. The lowest BCUT2D eigenvalue weighted by Gasteiger charge is -2.15. The van der Waals surface area contributed by atoms with Gasteiger partial charge in [-0.3, -0.25) is 0 Å². The Morgan fingerprint density at radius 3 is 2.47 bits per heavy atom. The van der Waals surface area contributed by atoms with E-state index < -0.39 is 5.63 Å². The van der Waals surface area contributed by atoms with Crippen molar-refractivity contribution >= 4 is 11.0 Å². The summed E-state index contributed by atoms with van der Waals surface area (Å²) in [6, 6.07) is 20.3. The minimum Gasteiger partial charge on any atom is -0.496 e. The van der Waals surface area contributed by atoms with Gasteiger partial charge in [0.1, 0.15) is 23.1 Å². The first-order valence-electron chi connectivity index (χ1n) is 9.25. The lowest BCUT2D eigenvalue weighted by Crippen LogP contribution is -2.05. The van der Waals surface area contributed by atoms with E-state index in [0.29, 0.717) is 29.1 Å². The van der Waals surface area contributed by atoms with Crippen LogP contribution in [0.2, 0.25) is 0 Å². The predicted octanol–water partition coefficient (Wildman–Crippen LogP) is 4.37. The zero-order valence-electron chi connectivity index (χ0n) is 16.5. The molecule has 0 aliphatic carbocycles. The molecule has 6 nitrogen and oxygen atoms in total. The van der Waals surface area contributed by atoms with E-state index in [1.54, 1.807) is 31.4 Å². The second kappa shape index (κ2) is 7.62. The molecule has 0 fully saturated rings. The van der Waals surface area contributed by atoms with Crippen LogP contribution in [0.15, 0.2) is 63.8 Å². The lowest BCUT2D eigenvalue weighted by atomic mass is 10.0. The highest BCUT2D eigenvalue weighted by atomic mass is 16.5. The molecule has 0 amide bonds. The summed E-state index contributed by atoms with van der Waals surface area (Å²) in [6.45, 7) is 2.31. The van der Waals surface area contributed by atoms with Gasteiger partial charge in [-0.05, 0) is 48.4 Å². The fourth-order valence-electron chi connectivity index (χ4n) is 3.55. The molecule has 0 radical (unpaired) electrons. The van der Waals surface area contributed by atoms with Crippen LogP contribution in [0.4, 0.5) is 0 Å². The largest absolute Gasteiger partial charge is 0.496 e. The van der Waals surface area contributed by atoms with E-state index in [9.17, 15) is 10.1 Å². The minimum atomic E-state index is -0.411. The van der Waals surface area contributed by atoms with Crippen LogP contribution >= 0.6 is 0 Å². The quantitative estimate of drug-likeness (QED) is 0.479. The number of ether oxygens (including phenoxy) is 1. The van der Waals surface area contributed by atoms with Gasteiger partial charge in [0.2, 0.25) is 0 Å². The Labute approximate surface area is 172 Å². The van der Waals surface area contributed by atoms with Gasteiger partial charge in [0, 0.05) is 29.6 Å². The number of hydrogen-bond acceptors (Lipinski definition) is 5. The Balaban J connectivity index is 1.89. The molecule has 0 saturated heterocycles. The van der Waals surface area contributed by atoms with Crippen molar-refractivity contribution in [3.8, 4) is 29.1 Å². The molecule has 2 heterocycles. The number of nitrogens with zero attached hydrogens (tertiary/aromatic N) is 3. The molecule has 0 aliphatic heterocycles. The first-order chi connectivity index (χ1) is 14.5. The second-order valence-electron chi connectivity index (χ2n) is 6.91. The number of methoxy groups -OCH3 is 1. The number of fused-ring (bicyclic) bond motifs is 1. The molecule has 2 aromatic carbocycles. The van der Waals surface area contributed by atoms with Gasteiger partial charge in [-0.1, -0.05) is 12.1 Å².